The summed E-state index contributed by atoms with van der Waals surface area (Å²) in [6, 6.07) is 11.9. The van der Waals surface area contributed by atoms with Gasteiger partial charge in [-0.3, -0.25) is 4.79 Å². The third-order valence-electron chi connectivity index (χ3n) is 5.52. The summed E-state index contributed by atoms with van der Waals surface area (Å²) < 4.78 is 45.5. The lowest BCUT2D eigenvalue weighted by Gasteiger charge is -2.31. The van der Waals surface area contributed by atoms with E-state index in [9.17, 15) is 18.0 Å². The number of hydrogen-bond donors (Lipinski definition) is 1. The Labute approximate surface area is 205 Å². The summed E-state index contributed by atoms with van der Waals surface area (Å²) in [7, 11) is 0. The molecule has 4 nitrogen and oxygen atoms in total. The van der Waals surface area contributed by atoms with E-state index in [1.807, 2.05) is 4.90 Å². The number of nitrogens with zero attached hydrogens (tertiary/aromatic N) is 1. The average molecular weight is 509 g/mol. The number of piperidine rings is 1. The van der Waals surface area contributed by atoms with E-state index in [-0.39, 0.29) is 5.69 Å². The van der Waals surface area contributed by atoms with Crippen LogP contribution in [0, 0.1) is 0 Å². The van der Waals surface area contributed by atoms with Crippen LogP contribution in [-0.4, -0.2) is 19.0 Å². The summed E-state index contributed by atoms with van der Waals surface area (Å²) in [5, 5.41) is 3.33. The molecule has 4 rings (SSSR count). The Bertz CT molecular complexity index is 1220. The van der Waals surface area contributed by atoms with Gasteiger partial charge in [-0.1, -0.05) is 29.3 Å². The molecule has 9 heteroatoms. The van der Waals surface area contributed by atoms with E-state index < -0.39 is 17.6 Å². The van der Waals surface area contributed by atoms with Gasteiger partial charge in [0.1, 0.15) is 11.5 Å². The molecule has 0 bridgehead atoms. The van der Waals surface area contributed by atoms with Gasteiger partial charge in [-0.05, 0) is 67.8 Å². The summed E-state index contributed by atoms with van der Waals surface area (Å²) in [5.74, 6) is 0.274. The standard InChI is InChI=1S/C25H21Cl2F3N2O2/c26-19-6-4-5-18(24(19)27)22-11-8-17(34-22)9-12-23(33)31-20-15-16(25(28,29)30)7-10-21(20)32-13-2-1-3-14-32/h4-12,15H,1-3,13-14H2,(H,31,33). The van der Waals surface area contributed by atoms with Crippen LogP contribution in [0.4, 0.5) is 24.5 Å². The number of carbonyl (C=O) groups is 1. The molecular formula is C25H21Cl2F3N2O2. The number of benzene rings is 2. The normalized spacial score (nSPS) is 14.6. The predicted molar refractivity (Wildman–Crippen MR) is 129 cm³/mol. The SMILES string of the molecule is O=C(C=Cc1ccc(-c2cccc(Cl)c2Cl)o1)Nc1cc(C(F)(F)F)ccc1N1CCCCC1. The zero-order chi connectivity index (χ0) is 24.3. The van der Waals surface area contributed by atoms with Crippen LogP contribution in [-0.2, 0) is 11.0 Å². The number of amides is 1. The topological polar surface area (TPSA) is 45.5 Å². The second-order valence-electron chi connectivity index (χ2n) is 7.90. The quantitative estimate of drug-likeness (QED) is 0.356. The summed E-state index contributed by atoms with van der Waals surface area (Å²) in [5.41, 5.74) is 0.484. The van der Waals surface area contributed by atoms with Gasteiger partial charge in [-0.2, -0.15) is 13.2 Å². The largest absolute Gasteiger partial charge is 0.457 e. The van der Waals surface area contributed by atoms with Gasteiger partial charge in [0.25, 0.3) is 0 Å². The average Bonchev–Trinajstić information content (AvgIpc) is 3.28. The van der Waals surface area contributed by atoms with Crippen molar-refractivity contribution in [1.82, 2.24) is 0 Å². The molecule has 3 aromatic rings. The van der Waals surface area contributed by atoms with E-state index in [2.05, 4.69) is 5.32 Å². The van der Waals surface area contributed by atoms with Crippen LogP contribution in [0.25, 0.3) is 17.4 Å². The molecule has 2 aromatic carbocycles. The molecule has 1 aliphatic heterocycles. The number of anilines is 2. The van der Waals surface area contributed by atoms with Crippen molar-refractivity contribution in [3.63, 3.8) is 0 Å². The highest BCUT2D eigenvalue weighted by molar-refractivity contribution is 6.43. The first-order valence-electron chi connectivity index (χ1n) is 10.7. The molecule has 1 aromatic heterocycles. The molecule has 0 aliphatic carbocycles. The third kappa shape index (κ3) is 5.59. The lowest BCUT2D eigenvalue weighted by molar-refractivity contribution is -0.137. The van der Waals surface area contributed by atoms with Crippen molar-refractivity contribution in [2.45, 2.75) is 25.4 Å². The molecule has 1 saturated heterocycles. The van der Waals surface area contributed by atoms with Gasteiger partial charge in [0, 0.05) is 24.7 Å². The van der Waals surface area contributed by atoms with Gasteiger partial charge in [-0.15, -0.1) is 0 Å². The highest BCUT2D eigenvalue weighted by Gasteiger charge is 2.31. The van der Waals surface area contributed by atoms with Gasteiger partial charge in [-0.25, -0.2) is 0 Å². The molecule has 0 saturated carbocycles. The zero-order valence-electron chi connectivity index (χ0n) is 18.0. The van der Waals surface area contributed by atoms with Gasteiger partial charge in [0.05, 0.1) is 27.0 Å². The van der Waals surface area contributed by atoms with Crippen LogP contribution >= 0.6 is 23.2 Å². The van der Waals surface area contributed by atoms with Crippen molar-refractivity contribution < 1.29 is 22.4 Å². The maximum Gasteiger partial charge on any atom is 0.416 e. The maximum atomic E-state index is 13.3. The first kappa shape index (κ1) is 24.2. The number of furan rings is 1. The van der Waals surface area contributed by atoms with Crippen molar-refractivity contribution in [3.05, 3.63) is 76.0 Å². The fourth-order valence-electron chi connectivity index (χ4n) is 3.84. The van der Waals surface area contributed by atoms with Crippen LogP contribution in [0.5, 0.6) is 0 Å². The molecule has 0 radical (unpaired) electrons. The third-order valence-corrected chi connectivity index (χ3v) is 6.34. The second-order valence-corrected chi connectivity index (χ2v) is 8.69. The van der Waals surface area contributed by atoms with Crippen LogP contribution < -0.4 is 10.2 Å². The van der Waals surface area contributed by atoms with E-state index in [0.29, 0.717) is 32.8 Å². The van der Waals surface area contributed by atoms with E-state index in [1.54, 1.807) is 30.3 Å². The summed E-state index contributed by atoms with van der Waals surface area (Å²) in [4.78, 5) is 14.6. The van der Waals surface area contributed by atoms with Gasteiger partial charge >= 0.3 is 6.18 Å². The monoisotopic (exact) mass is 508 g/mol. The molecule has 1 N–H and O–H groups in total. The van der Waals surface area contributed by atoms with E-state index in [0.717, 1.165) is 44.5 Å². The minimum absolute atomic E-state index is 0.122. The Morgan fingerprint density at radius 2 is 1.79 bits per heavy atom. The van der Waals surface area contributed by atoms with Crippen LogP contribution in [0.2, 0.25) is 10.0 Å². The lowest BCUT2D eigenvalue weighted by Crippen LogP contribution is -2.30. The van der Waals surface area contributed by atoms with Crippen molar-refractivity contribution >= 4 is 46.6 Å². The predicted octanol–water partition coefficient (Wildman–Crippen LogP) is 7.91. The minimum atomic E-state index is -4.51. The molecule has 1 amide bonds. The Hall–Kier alpha value is -2.90. The fourth-order valence-corrected chi connectivity index (χ4v) is 4.23. The number of alkyl halides is 3. The number of rotatable bonds is 5. The summed E-state index contributed by atoms with van der Waals surface area (Å²) in [6.07, 6.45) is 1.11. The van der Waals surface area contributed by atoms with Gasteiger partial charge in [0.2, 0.25) is 5.91 Å². The van der Waals surface area contributed by atoms with E-state index >= 15 is 0 Å². The molecular weight excluding hydrogens is 488 g/mol. The fraction of sp³-hybridized carbons (Fsp3) is 0.240. The van der Waals surface area contributed by atoms with Crippen LogP contribution in [0.3, 0.4) is 0 Å². The first-order chi connectivity index (χ1) is 16.2. The molecule has 2 heterocycles. The molecule has 1 fully saturated rings. The molecule has 178 valence electrons. The molecule has 0 atom stereocenters. The van der Waals surface area contributed by atoms with Crippen molar-refractivity contribution in [2.75, 3.05) is 23.3 Å². The number of carbonyl (C=O) groups excluding carboxylic acids is 1. The van der Waals surface area contributed by atoms with Crippen molar-refractivity contribution in [1.29, 1.82) is 0 Å². The second kappa shape index (κ2) is 10.2. The first-order valence-corrected chi connectivity index (χ1v) is 11.5. The van der Waals surface area contributed by atoms with Crippen molar-refractivity contribution in [2.24, 2.45) is 0 Å². The van der Waals surface area contributed by atoms with Crippen LogP contribution in [0.1, 0.15) is 30.6 Å². The highest BCUT2D eigenvalue weighted by Crippen LogP contribution is 2.37. The van der Waals surface area contributed by atoms with Crippen molar-refractivity contribution in [3.8, 4) is 11.3 Å². The number of hydrogen-bond acceptors (Lipinski definition) is 3. The Morgan fingerprint density at radius 3 is 2.53 bits per heavy atom. The Kier molecular flexibility index (Phi) is 7.24. The zero-order valence-corrected chi connectivity index (χ0v) is 19.5. The van der Waals surface area contributed by atoms with Crippen LogP contribution in [0.15, 0.2) is 59.0 Å². The number of halogens is 5. The van der Waals surface area contributed by atoms with Gasteiger partial charge in [0.15, 0.2) is 0 Å². The molecule has 1 aliphatic rings. The molecule has 34 heavy (non-hydrogen) atoms. The summed E-state index contributed by atoms with van der Waals surface area (Å²) >= 11 is 12.3. The summed E-state index contributed by atoms with van der Waals surface area (Å²) in [6.45, 7) is 1.45. The lowest BCUT2D eigenvalue weighted by atomic mass is 10.1. The van der Waals surface area contributed by atoms with Gasteiger partial charge < -0.3 is 14.6 Å². The Balaban J connectivity index is 1.53. The minimum Gasteiger partial charge on any atom is -0.457 e. The number of nitrogens with one attached hydrogen (secondary N) is 1. The highest BCUT2D eigenvalue weighted by atomic mass is 35.5. The smallest absolute Gasteiger partial charge is 0.416 e. The molecule has 0 unspecified atom stereocenters. The maximum absolute atomic E-state index is 13.3. The molecule has 0 spiro atoms. The van der Waals surface area contributed by atoms with E-state index in [4.69, 9.17) is 27.6 Å². The van der Waals surface area contributed by atoms with E-state index in [1.165, 1.54) is 18.2 Å². The Morgan fingerprint density at radius 1 is 1.03 bits per heavy atom.